The molecule has 0 bridgehead atoms. The summed E-state index contributed by atoms with van der Waals surface area (Å²) in [6.45, 7) is 3.25. The van der Waals surface area contributed by atoms with Crippen molar-refractivity contribution in [2.24, 2.45) is 5.92 Å². The molecule has 1 fully saturated rings. The average Bonchev–Trinajstić information content (AvgIpc) is 2.95. The molecule has 1 saturated carbocycles. The fourth-order valence-electron chi connectivity index (χ4n) is 3.21. The molecule has 20 heavy (non-hydrogen) atoms. The number of fused-ring (bicyclic) bond motifs is 1. The van der Waals surface area contributed by atoms with Crippen molar-refractivity contribution in [1.29, 1.82) is 0 Å². The zero-order valence-corrected chi connectivity index (χ0v) is 12.8. The van der Waals surface area contributed by atoms with Crippen LogP contribution in [-0.2, 0) is 27.7 Å². The lowest BCUT2D eigenvalue weighted by atomic mass is 10.2. The number of sulfonamides is 1. The molecule has 5 nitrogen and oxygen atoms in total. The molecule has 0 unspecified atom stereocenters. The molecule has 2 atom stereocenters. The number of ether oxygens (including phenoxy) is 1. The van der Waals surface area contributed by atoms with Crippen molar-refractivity contribution < 1.29 is 17.6 Å². The molecule has 112 valence electrons. The third-order valence-corrected chi connectivity index (χ3v) is 7.33. The summed E-state index contributed by atoms with van der Waals surface area (Å²) < 4.78 is 37.4. The molecule has 1 aliphatic carbocycles. The molecule has 0 amide bonds. The molecular formula is C14H21NO4S. The van der Waals surface area contributed by atoms with E-state index in [-0.39, 0.29) is 12.5 Å². The Kier molecular flexibility index (Phi) is 3.43. The monoisotopic (exact) mass is 299 g/mol. The van der Waals surface area contributed by atoms with Gasteiger partial charge in [-0.3, -0.25) is 0 Å². The second kappa shape index (κ2) is 4.86. The van der Waals surface area contributed by atoms with E-state index in [0.29, 0.717) is 19.5 Å². The maximum atomic E-state index is 13.0. The van der Waals surface area contributed by atoms with Crippen LogP contribution in [0.4, 0.5) is 0 Å². The highest BCUT2D eigenvalue weighted by Gasteiger charge is 2.63. The lowest BCUT2D eigenvalue weighted by molar-refractivity contribution is 0.185. The van der Waals surface area contributed by atoms with Crippen molar-refractivity contribution in [2.75, 3.05) is 20.3 Å². The van der Waals surface area contributed by atoms with Gasteiger partial charge in [-0.05, 0) is 24.8 Å². The fourth-order valence-corrected chi connectivity index (χ4v) is 5.64. The summed E-state index contributed by atoms with van der Waals surface area (Å²) in [6.07, 6.45) is 3.95. The minimum atomic E-state index is -3.34. The molecule has 0 aromatic carbocycles. The Morgan fingerprint density at radius 1 is 1.55 bits per heavy atom. The second-order valence-electron chi connectivity index (χ2n) is 5.91. The topological polar surface area (TPSA) is 59.8 Å². The van der Waals surface area contributed by atoms with Gasteiger partial charge in [0.25, 0.3) is 0 Å². The number of aryl methyl sites for hydroxylation is 1. The van der Waals surface area contributed by atoms with Crippen LogP contribution in [0.15, 0.2) is 16.7 Å². The molecule has 3 rings (SSSR count). The van der Waals surface area contributed by atoms with Gasteiger partial charge < -0.3 is 9.15 Å². The zero-order valence-electron chi connectivity index (χ0n) is 12.0. The molecular weight excluding hydrogens is 278 g/mol. The predicted molar refractivity (Wildman–Crippen MR) is 74.7 cm³/mol. The van der Waals surface area contributed by atoms with E-state index in [1.54, 1.807) is 17.7 Å². The first kappa shape index (κ1) is 14.1. The zero-order chi connectivity index (χ0) is 14.4. The summed E-state index contributed by atoms with van der Waals surface area (Å²) in [4.78, 5) is 0. The average molecular weight is 299 g/mol. The molecule has 2 aliphatic rings. The minimum absolute atomic E-state index is 0.166. The fraction of sp³-hybridized carbons (Fsp3) is 0.714. The van der Waals surface area contributed by atoms with Gasteiger partial charge in [-0.15, -0.1) is 0 Å². The van der Waals surface area contributed by atoms with Crippen LogP contribution in [0, 0.1) is 5.92 Å². The maximum Gasteiger partial charge on any atom is 0.222 e. The van der Waals surface area contributed by atoms with E-state index in [1.165, 1.54) is 0 Å². The molecule has 0 N–H and O–H groups in total. The van der Waals surface area contributed by atoms with E-state index in [1.807, 2.05) is 13.0 Å². The van der Waals surface area contributed by atoms with Crippen molar-refractivity contribution in [3.8, 4) is 0 Å². The van der Waals surface area contributed by atoms with Crippen LogP contribution in [0.25, 0.3) is 0 Å². The quantitative estimate of drug-likeness (QED) is 0.850. The van der Waals surface area contributed by atoms with Gasteiger partial charge in [0.2, 0.25) is 10.0 Å². The highest BCUT2D eigenvalue weighted by Crippen LogP contribution is 2.51. The summed E-state index contributed by atoms with van der Waals surface area (Å²) >= 11 is 0. The largest absolute Gasteiger partial charge is 0.469 e. The predicted octanol–water partition coefficient (Wildman–Crippen LogP) is 1.78. The lowest BCUT2D eigenvalue weighted by Gasteiger charge is -2.26. The van der Waals surface area contributed by atoms with Gasteiger partial charge >= 0.3 is 0 Å². The third-order valence-electron chi connectivity index (χ3n) is 4.63. The van der Waals surface area contributed by atoms with E-state index in [0.717, 1.165) is 24.2 Å². The van der Waals surface area contributed by atoms with Crippen LogP contribution < -0.4 is 0 Å². The molecule has 1 aliphatic heterocycles. The Hall–Kier alpha value is -0.850. The van der Waals surface area contributed by atoms with Crippen molar-refractivity contribution in [3.63, 3.8) is 0 Å². The van der Waals surface area contributed by atoms with E-state index in [2.05, 4.69) is 0 Å². The van der Waals surface area contributed by atoms with Gasteiger partial charge in [-0.2, -0.15) is 4.31 Å². The van der Waals surface area contributed by atoms with Gasteiger partial charge in [-0.1, -0.05) is 6.92 Å². The SMILES string of the molecule is COC[C@]1(S(=O)(=O)N2CCCc3occc3C2)C[C@@H]1C. The van der Waals surface area contributed by atoms with E-state index >= 15 is 0 Å². The van der Waals surface area contributed by atoms with Crippen molar-refractivity contribution in [2.45, 2.75) is 37.5 Å². The second-order valence-corrected chi connectivity index (χ2v) is 8.19. The first-order chi connectivity index (χ1) is 9.51. The number of furan rings is 1. The van der Waals surface area contributed by atoms with Gasteiger partial charge in [-0.25, -0.2) is 8.42 Å². The highest BCUT2D eigenvalue weighted by atomic mass is 32.2. The number of rotatable bonds is 4. The van der Waals surface area contributed by atoms with Crippen LogP contribution in [0.5, 0.6) is 0 Å². The summed E-state index contributed by atoms with van der Waals surface area (Å²) in [6, 6.07) is 1.88. The lowest BCUT2D eigenvalue weighted by Crippen LogP contribution is -2.43. The molecule has 1 aromatic rings. The van der Waals surface area contributed by atoms with E-state index < -0.39 is 14.8 Å². The Balaban J connectivity index is 1.89. The number of nitrogens with zero attached hydrogens (tertiary/aromatic N) is 1. The molecule has 2 heterocycles. The van der Waals surface area contributed by atoms with Crippen molar-refractivity contribution in [3.05, 3.63) is 23.7 Å². The smallest absolute Gasteiger partial charge is 0.222 e. The van der Waals surface area contributed by atoms with Crippen molar-refractivity contribution in [1.82, 2.24) is 4.31 Å². The molecule has 0 spiro atoms. The summed E-state index contributed by atoms with van der Waals surface area (Å²) in [7, 11) is -1.77. The van der Waals surface area contributed by atoms with Gasteiger partial charge in [0.15, 0.2) is 0 Å². The van der Waals surface area contributed by atoms with Crippen LogP contribution in [0.2, 0.25) is 0 Å². The normalized spacial score (nSPS) is 30.8. The third kappa shape index (κ3) is 2.01. The van der Waals surface area contributed by atoms with Crippen LogP contribution in [0.1, 0.15) is 31.1 Å². The van der Waals surface area contributed by atoms with Crippen LogP contribution >= 0.6 is 0 Å². The first-order valence-electron chi connectivity index (χ1n) is 7.05. The van der Waals surface area contributed by atoms with Gasteiger partial charge in [0, 0.05) is 32.2 Å². The Bertz CT molecular complexity index is 594. The molecule has 1 aromatic heterocycles. The number of hydrogen-bond donors (Lipinski definition) is 0. The van der Waals surface area contributed by atoms with Gasteiger partial charge in [0.1, 0.15) is 10.5 Å². The Morgan fingerprint density at radius 3 is 2.95 bits per heavy atom. The Labute approximate surface area is 119 Å². The first-order valence-corrected chi connectivity index (χ1v) is 8.49. The number of hydrogen-bond acceptors (Lipinski definition) is 4. The van der Waals surface area contributed by atoms with Crippen LogP contribution in [0.3, 0.4) is 0 Å². The van der Waals surface area contributed by atoms with Crippen LogP contribution in [-0.4, -0.2) is 37.7 Å². The summed E-state index contributed by atoms with van der Waals surface area (Å²) in [5, 5.41) is 0. The van der Waals surface area contributed by atoms with Crippen molar-refractivity contribution >= 4 is 10.0 Å². The Morgan fingerprint density at radius 2 is 2.30 bits per heavy atom. The maximum absolute atomic E-state index is 13.0. The molecule has 0 radical (unpaired) electrons. The van der Waals surface area contributed by atoms with E-state index in [9.17, 15) is 8.42 Å². The minimum Gasteiger partial charge on any atom is -0.469 e. The van der Waals surface area contributed by atoms with Gasteiger partial charge in [0.05, 0.1) is 12.9 Å². The molecule has 6 heteroatoms. The van der Waals surface area contributed by atoms with E-state index in [4.69, 9.17) is 9.15 Å². The standard InChI is InChI=1S/C14H21NO4S/c1-11-8-14(11,10-18-2)20(16,17)15-6-3-4-13-12(9-15)5-7-19-13/h5,7,11H,3-4,6,8-10H2,1-2H3/t11-,14+/m0/s1. The summed E-state index contributed by atoms with van der Waals surface area (Å²) in [5.74, 6) is 1.09. The molecule has 0 saturated heterocycles. The summed E-state index contributed by atoms with van der Waals surface area (Å²) in [5.41, 5.74) is 0.993. The number of methoxy groups -OCH3 is 1. The highest BCUT2D eigenvalue weighted by molar-refractivity contribution is 7.90.